The summed E-state index contributed by atoms with van der Waals surface area (Å²) in [7, 11) is -2.66. The molecule has 0 saturated heterocycles. The zero-order chi connectivity index (χ0) is 11.6. The van der Waals surface area contributed by atoms with Crippen LogP contribution in [-0.2, 0) is 10.0 Å². The van der Waals surface area contributed by atoms with Crippen molar-refractivity contribution in [3.05, 3.63) is 29.8 Å². The minimum absolute atomic E-state index is 0.0934. The molecule has 0 aliphatic rings. The molecule has 15 heavy (non-hydrogen) atoms. The summed E-state index contributed by atoms with van der Waals surface area (Å²) in [6.45, 7) is 3.82. The third kappa shape index (κ3) is 2.37. The van der Waals surface area contributed by atoms with Crippen LogP contribution in [0.4, 0.5) is 0 Å². The number of hydroxylamine groups is 1. The topological polar surface area (TPSA) is 57.6 Å². The summed E-state index contributed by atoms with van der Waals surface area (Å²) in [5.41, 5.74) is 0.707. The summed E-state index contributed by atoms with van der Waals surface area (Å²) >= 11 is 0. The molecule has 1 aromatic rings. The van der Waals surface area contributed by atoms with E-state index in [1.165, 1.54) is 6.07 Å². The number of nitrogens with zero attached hydrogens (tertiary/aromatic N) is 1. The molecule has 0 fully saturated rings. The molecule has 0 aromatic heterocycles. The lowest BCUT2D eigenvalue weighted by atomic mass is 10.0. The molecule has 1 aromatic carbocycles. The molecule has 0 heterocycles. The molecule has 0 aliphatic heterocycles. The molecule has 0 aliphatic carbocycles. The molecule has 0 bridgehead atoms. The Bertz CT molecular complexity index is 438. The molecule has 0 unspecified atom stereocenters. The number of rotatable bonds is 3. The van der Waals surface area contributed by atoms with E-state index in [0.717, 1.165) is 7.05 Å². The van der Waals surface area contributed by atoms with Crippen LogP contribution in [0.25, 0.3) is 0 Å². The Morgan fingerprint density at radius 1 is 1.27 bits per heavy atom. The van der Waals surface area contributed by atoms with Gasteiger partial charge in [-0.15, -0.1) is 0 Å². The Hall–Kier alpha value is -0.910. The predicted octanol–water partition coefficient (Wildman–Crippen LogP) is 1.82. The lowest BCUT2D eigenvalue weighted by molar-refractivity contribution is 0.0309. The van der Waals surface area contributed by atoms with Crippen LogP contribution in [0.3, 0.4) is 0 Å². The van der Waals surface area contributed by atoms with Crippen molar-refractivity contribution in [1.82, 2.24) is 4.47 Å². The fourth-order valence-electron chi connectivity index (χ4n) is 1.33. The average molecular weight is 229 g/mol. The second-order valence-electron chi connectivity index (χ2n) is 3.63. The molecule has 0 radical (unpaired) electrons. The molecule has 0 spiro atoms. The fraction of sp³-hybridized carbons (Fsp3) is 0.400. The summed E-state index contributed by atoms with van der Waals surface area (Å²) in [5.74, 6) is 0.0934. The van der Waals surface area contributed by atoms with Crippen molar-refractivity contribution in [3.63, 3.8) is 0 Å². The maximum atomic E-state index is 11.7. The van der Waals surface area contributed by atoms with E-state index in [1.54, 1.807) is 18.2 Å². The number of sulfonamides is 1. The van der Waals surface area contributed by atoms with Gasteiger partial charge in [-0.3, -0.25) is 5.21 Å². The molecule has 4 nitrogen and oxygen atoms in total. The van der Waals surface area contributed by atoms with E-state index in [1.807, 2.05) is 13.8 Å². The highest BCUT2D eigenvalue weighted by Gasteiger charge is 2.23. The van der Waals surface area contributed by atoms with E-state index in [-0.39, 0.29) is 15.3 Å². The molecule has 1 N–H and O–H groups in total. The number of hydrogen-bond donors (Lipinski definition) is 1. The van der Waals surface area contributed by atoms with Gasteiger partial charge in [0.15, 0.2) is 0 Å². The second-order valence-corrected chi connectivity index (χ2v) is 5.55. The van der Waals surface area contributed by atoms with E-state index in [9.17, 15) is 8.42 Å². The van der Waals surface area contributed by atoms with Crippen LogP contribution in [0, 0.1) is 0 Å². The minimum Gasteiger partial charge on any atom is -0.299 e. The van der Waals surface area contributed by atoms with Crippen LogP contribution in [-0.4, -0.2) is 25.1 Å². The van der Waals surface area contributed by atoms with Crippen molar-refractivity contribution in [2.75, 3.05) is 7.05 Å². The van der Waals surface area contributed by atoms with E-state index in [2.05, 4.69) is 0 Å². The maximum Gasteiger partial charge on any atom is 0.264 e. The lowest BCUT2D eigenvalue weighted by Crippen LogP contribution is -2.24. The normalized spacial score (nSPS) is 12.4. The van der Waals surface area contributed by atoms with Crippen molar-refractivity contribution in [2.24, 2.45) is 0 Å². The highest BCUT2D eigenvalue weighted by Crippen LogP contribution is 2.24. The second kappa shape index (κ2) is 4.30. The van der Waals surface area contributed by atoms with Gasteiger partial charge in [0.1, 0.15) is 0 Å². The lowest BCUT2D eigenvalue weighted by Gasteiger charge is -2.15. The minimum atomic E-state index is -3.76. The smallest absolute Gasteiger partial charge is 0.264 e. The fourth-order valence-corrected chi connectivity index (χ4v) is 2.47. The van der Waals surface area contributed by atoms with Gasteiger partial charge in [0.05, 0.1) is 4.90 Å². The molecule has 0 saturated carbocycles. The Balaban J connectivity index is 3.38. The van der Waals surface area contributed by atoms with E-state index in [0.29, 0.717) is 5.56 Å². The SMILES string of the molecule is CC(C)c1ccccc1S(=O)(=O)N(C)O. The van der Waals surface area contributed by atoms with Crippen molar-refractivity contribution < 1.29 is 13.6 Å². The predicted molar refractivity (Wildman–Crippen MR) is 57.3 cm³/mol. The van der Waals surface area contributed by atoms with Gasteiger partial charge in [0.25, 0.3) is 10.0 Å². The van der Waals surface area contributed by atoms with Crippen LogP contribution in [0.1, 0.15) is 25.3 Å². The number of benzene rings is 1. The maximum absolute atomic E-state index is 11.7. The average Bonchev–Trinajstić information content (AvgIpc) is 2.17. The van der Waals surface area contributed by atoms with Gasteiger partial charge >= 0.3 is 0 Å². The molecule has 5 heteroatoms. The van der Waals surface area contributed by atoms with Gasteiger partial charge in [-0.2, -0.15) is 0 Å². The summed E-state index contributed by atoms with van der Waals surface area (Å²) in [6, 6.07) is 6.67. The van der Waals surface area contributed by atoms with Crippen LogP contribution >= 0.6 is 0 Å². The largest absolute Gasteiger partial charge is 0.299 e. The standard InChI is InChI=1S/C10H15NO3S/c1-8(2)9-6-4-5-7-10(9)15(13,14)11(3)12/h4-8,12H,1-3H3. The third-order valence-corrected chi connectivity index (χ3v) is 3.79. The Morgan fingerprint density at radius 2 is 1.80 bits per heavy atom. The zero-order valence-electron chi connectivity index (χ0n) is 9.01. The van der Waals surface area contributed by atoms with Gasteiger partial charge < -0.3 is 0 Å². The van der Waals surface area contributed by atoms with Crippen LogP contribution in [0.2, 0.25) is 0 Å². The van der Waals surface area contributed by atoms with Gasteiger partial charge in [0.2, 0.25) is 0 Å². The first-order chi connectivity index (χ1) is 6.87. The Kier molecular flexibility index (Phi) is 3.49. The first-order valence-electron chi connectivity index (χ1n) is 4.64. The van der Waals surface area contributed by atoms with Gasteiger partial charge in [-0.25, -0.2) is 8.42 Å². The first-order valence-corrected chi connectivity index (χ1v) is 6.08. The Labute approximate surface area is 90.2 Å². The molecule has 0 atom stereocenters. The van der Waals surface area contributed by atoms with Crippen LogP contribution < -0.4 is 0 Å². The van der Waals surface area contributed by atoms with Gasteiger partial charge in [-0.05, 0) is 17.5 Å². The summed E-state index contributed by atoms with van der Waals surface area (Å²) in [6.07, 6.45) is 0. The molecular weight excluding hydrogens is 214 g/mol. The molecular formula is C10H15NO3S. The highest BCUT2D eigenvalue weighted by atomic mass is 32.2. The van der Waals surface area contributed by atoms with Crippen LogP contribution in [0.5, 0.6) is 0 Å². The summed E-state index contributed by atoms with van der Waals surface area (Å²) in [4.78, 5) is 0.157. The monoisotopic (exact) mass is 229 g/mol. The summed E-state index contributed by atoms with van der Waals surface area (Å²) in [5, 5.41) is 9.09. The number of hydrogen-bond acceptors (Lipinski definition) is 3. The molecule has 0 amide bonds. The van der Waals surface area contributed by atoms with Gasteiger partial charge in [0, 0.05) is 7.05 Å². The zero-order valence-corrected chi connectivity index (χ0v) is 9.82. The van der Waals surface area contributed by atoms with E-state index >= 15 is 0 Å². The van der Waals surface area contributed by atoms with Crippen molar-refractivity contribution in [2.45, 2.75) is 24.7 Å². The quantitative estimate of drug-likeness (QED) is 0.804. The molecule has 1 rings (SSSR count). The summed E-state index contributed by atoms with van der Waals surface area (Å²) < 4.78 is 23.7. The van der Waals surface area contributed by atoms with E-state index < -0.39 is 10.0 Å². The van der Waals surface area contributed by atoms with E-state index in [4.69, 9.17) is 5.21 Å². The van der Waals surface area contributed by atoms with Gasteiger partial charge in [-0.1, -0.05) is 36.5 Å². The van der Waals surface area contributed by atoms with Crippen molar-refractivity contribution >= 4 is 10.0 Å². The highest BCUT2D eigenvalue weighted by molar-refractivity contribution is 7.89. The van der Waals surface area contributed by atoms with Crippen molar-refractivity contribution in [1.29, 1.82) is 0 Å². The Morgan fingerprint density at radius 3 is 2.27 bits per heavy atom. The van der Waals surface area contributed by atoms with Crippen LogP contribution in [0.15, 0.2) is 29.2 Å². The van der Waals surface area contributed by atoms with Crippen molar-refractivity contribution in [3.8, 4) is 0 Å². The third-order valence-electron chi connectivity index (χ3n) is 2.17. The molecule has 84 valence electrons. The first kappa shape index (κ1) is 12.2.